The molecule has 4 aromatic heterocycles. The number of aromatic nitrogens is 6. The molecule has 24 heteroatoms. The third kappa shape index (κ3) is 21.6. The van der Waals surface area contributed by atoms with E-state index in [1.807, 2.05) is 25.1 Å². The third-order valence-electron chi connectivity index (χ3n) is 15.4. The van der Waals surface area contributed by atoms with Gasteiger partial charge in [0.15, 0.2) is 17.1 Å². The number of hydrogen-bond donors (Lipinski definition) is 5. The number of ketones is 2. The molecule has 4 aromatic rings. The van der Waals surface area contributed by atoms with Gasteiger partial charge in [-0.3, -0.25) is 50.8 Å². The number of fused-ring (bicyclic) bond motifs is 2. The van der Waals surface area contributed by atoms with Gasteiger partial charge < -0.3 is 29.4 Å². The molecule has 0 aromatic carbocycles. The van der Waals surface area contributed by atoms with Crippen LogP contribution in [0.1, 0.15) is 220 Å². The molecule has 0 radical (unpaired) electrons. The number of nitrogens with zero attached hydrogens (tertiary/aromatic N) is 6. The van der Waals surface area contributed by atoms with Gasteiger partial charge in [-0.05, 0) is 112 Å². The fraction of sp³-hybridized carbons (Fsp3) is 0.613. The Labute approximate surface area is 503 Å². The first-order valence-corrected chi connectivity index (χ1v) is 30.5. The molecule has 5 aliphatic carbocycles. The van der Waals surface area contributed by atoms with Crippen LogP contribution in [0.5, 0.6) is 0 Å². The molecule has 0 spiro atoms. The van der Waals surface area contributed by atoms with E-state index in [1.54, 1.807) is 27.7 Å². The van der Waals surface area contributed by atoms with Crippen molar-refractivity contribution >= 4 is 52.4 Å². The van der Waals surface area contributed by atoms with Crippen molar-refractivity contribution in [1.29, 1.82) is 5.26 Å². The Morgan fingerprint density at radius 2 is 1.03 bits per heavy atom. The van der Waals surface area contributed by atoms with Gasteiger partial charge in [0.05, 0.1) is 58.0 Å². The van der Waals surface area contributed by atoms with Crippen molar-refractivity contribution in [2.24, 2.45) is 40.2 Å². The quantitative estimate of drug-likeness (QED) is 0.0103. The van der Waals surface area contributed by atoms with Crippen LogP contribution in [0.15, 0.2) is 62.7 Å². The van der Waals surface area contributed by atoms with Gasteiger partial charge in [0.25, 0.3) is 11.1 Å². The highest BCUT2D eigenvalue weighted by Crippen LogP contribution is 2.35. The van der Waals surface area contributed by atoms with Gasteiger partial charge in [-0.15, -0.1) is 0 Å². The number of H-pyrrole nitrogens is 2. The Bertz CT molecular complexity index is 2960. The minimum absolute atomic E-state index is 0.0139. The zero-order valence-electron chi connectivity index (χ0n) is 51.2. The van der Waals surface area contributed by atoms with E-state index in [2.05, 4.69) is 47.7 Å². The van der Waals surface area contributed by atoms with E-state index in [4.69, 9.17) is 29.9 Å². The van der Waals surface area contributed by atoms with Gasteiger partial charge >= 0.3 is 23.9 Å². The zero-order chi connectivity index (χ0) is 63.0. The fourth-order valence-electron chi connectivity index (χ4n) is 11.0. The summed E-state index contributed by atoms with van der Waals surface area (Å²) in [4.78, 5) is 105. The number of hydrazine groups is 1. The molecule has 0 bridgehead atoms. The number of nitrogens with one attached hydrogen (secondary N) is 2. The van der Waals surface area contributed by atoms with Crippen LogP contribution in [0.3, 0.4) is 0 Å². The average molecular weight is 1200 g/mol. The first-order chi connectivity index (χ1) is 41.6. The molecule has 6 aliphatic rings. The Balaban J connectivity index is 0.000000225. The standard InChI is InChI=1S/2C14H17N3O3.C9H14N2.C9H14O4.C8H11NO.C8H14O2.H4N2/c2*1-2-20-14(19)10-8-15-12-7-11(9-5-3-4-6-9)16-17(12)13(10)18;10-8-5-9(11-6-8)7-3-1-2-4-7;1-4-12-6-8(7(3)10)9(11)13-5-2;9-6-5-8(10)7-3-1-2-4-7;1-2-10-8(9)7-5-3-4-6-7;1-2/h2*7-9,16H,2-6H2,1H3;5,7H,1-4,6,10H2;6H,4-5H2,1-3H3;7H,1-5H2;7H,2-6H2,1H3;1-2H2/b;;;8-6-;;;. The molecule has 86 heavy (non-hydrogen) atoms. The topological polar surface area (TPSA) is 363 Å². The number of aromatic amines is 2. The lowest BCUT2D eigenvalue weighted by Gasteiger charge is -2.06. The summed E-state index contributed by atoms with van der Waals surface area (Å²) in [7, 11) is 0. The number of aliphatic imine (C=N–C) groups is 1. The van der Waals surface area contributed by atoms with Gasteiger partial charge in [-0.2, -0.15) is 5.26 Å². The molecule has 472 valence electrons. The normalized spacial score (nSPS) is 16.8. The summed E-state index contributed by atoms with van der Waals surface area (Å²) >= 11 is 0. The smallest absolute Gasteiger partial charge is 0.345 e. The monoisotopic (exact) mass is 1200 g/mol. The second-order valence-corrected chi connectivity index (χ2v) is 21.4. The van der Waals surface area contributed by atoms with Crippen molar-refractivity contribution in [3.8, 4) is 6.07 Å². The summed E-state index contributed by atoms with van der Waals surface area (Å²) < 4.78 is 26.8. The number of nitriles is 1. The number of ether oxygens (including phenoxy) is 5. The first kappa shape index (κ1) is 70.7. The number of Topliss-reactive ketones (excluding diaryl/α,β-unsaturated/α-hetero) is 2. The molecule has 5 saturated carbocycles. The van der Waals surface area contributed by atoms with E-state index in [1.165, 1.54) is 111 Å². The molecule has 0 unspecified atom stereocenters. The summed E-state index contributed by atoms with van der Waals surface area (Å²) in [5, 5.41) is 14.4. The maximum Gasteiger partial charge on any atom is 0.345 e. The molecule has 0 amide bonds. The van der Waals surface area contributed by atoms with Crippen molar-refractivity contribution in [3.63, 3.8) is 0 Å². The average Bonchev–Trinajstić information content (AvgIpc) is 3.12. The van der Waals surface area contributed by atoms with E-state index in [9.17, 15) is 38.4 Å². The lowest BCUT2D eigenvalue weighted by molar-refractivity contribution is -0.147. The largest absolute Gasteiger partial charge is 0.500 e. The van der Waals surface area contributed by atoms with Crippen LogP contribution in [0, 0.1) is 29.1 Å². The van der Waals surface area contributed by atoms with Crippen LogP contribution < -0.4 is 28.5 Å². The highest BCUT2D eigenvalue weighted by atomic mass is 16.5. The van der Waals surface area contributed by atoms with Crippen LogP contribution >= 0.6 is 0 Å². The Morgan fingerprint density at radius 3 is 1.42 bits per heavy atom. The second kappa shape index (κ2) is 38.3. The summed E-state index contributed by atoms with van der Waals surface area (Å²) in [5.41, 5.74) is 10.0. The second-order valence-electron chi connectivity index (χ2n) is 21.4. The summed E-state index contributed by atoms with van der Waals surface area (Å²) in [6, 6.07) is 5.69. The first-order valence-electron chi connectivity index (χ1n) is 30.5. The third-order valence-corrected chi connectivity index (χ3v) is 15.4. The number of carbonyl (C=O) groups is 6. The molecular weight excluding hydrogens is 1110 g/mol. The van der Waals surface area contributed by atoms with Crippen molar-refractivity contribution < 1.29 is 52.5 Å². The molecule has 1 aliphatic heterocycles. The number of allylic oxidation sites excluding steroid dienone is 1. The van der Waals surface area contributed by atoms with Crippen LogP contribution in [-0.4, -0.2) is 110 Å². The summed E-state index contributed by atoms with van der Waals surface area (Å²) in [6.07, 6.45) is 29.5. The van der Waals surface area contributed by atoms with Gasteiger partial charge in [0, 0.05) is 71.0 Å². The number of carbonyl (C=O) groups excluding carboxylic acids is 6. The van der Waals surface area contributed by atoms with Crippen LogP contribution in [0.25, 0.3) is 11.3 Å². The van der Waals surface area contributed by atoms with Crippen LogP contribution in [0.4, 0.5) is 0 Å². The van der Waals surface area contributed by atoms with Gasteiger partial charge in [0.1, 0.15) is 28.7 Å². The number of rotatable bonds is 16. The minimum Gasteiger partial charge on any atom is -0.500 e. The SMILES string of the molecule is CCO/C=C(/C(C)=O)C(=O)OCC.CCOC(=O)C1CCCC1.CCOC(=O)c1cnc2cc(C3CCCC3)[nH]n2c1=O.CCOC(=O)c1cnc2cc(C3CCCC3)[nH]n2c1=O.N#CCC(=O)C1CCCC1.NC1=CC(C2CCCC2)=NC1.NN. The molecule has 5 heterocycles. The van der Waals surface area contributed by atoms with Crippen molar-refractivity contribution in [2.75, 3.05) is 39.6 Å². The summed E-state index contributed by atoms with van der Waals surface area (Å²) in [5.74, 6) is 8.02. The van der Waals surface area contributed by atoms with E-state index in [0.29, 0.717) is 36.3 Å². The van der Waals surface area contributed by atoms with Gasteiger partial charge in [0.2, 0.25) is 0 Å². The number of nitrogens with two attached hydrogens (primary N) is 3. The molecule has 5 fully saturated rings. The molecular formula is C62H91N11O13. The summed E-state index contributed by atoms with van der Waals surface area (Å²) in [6.45, 7) is 12.4. The molecule has 0 atom stereocenters. The lowest BCUT2D eigenvalue weighted by atomic mass is 10.0. The van der Waals surface area contributed by atoms with E-state index < -0.39 is 29.0 Å². The molecule has 10 rings (SSSR count). The number of hydrogen-bond acceptors (Lipinski definition) is 20. The minimum atomic E-state index is -0.636. The maximum atomic E-state index is 12.3. The predicted octanol–water partition coefficient (Wildman–Crippen LogP) is 8.46. The molecule has 24 nitrogen and oxygen atoms in total. The number of esters is 4. The Morgan fingerprint density at radius 1 is 0.616 bits per heavy atom. The van der Waals surface area contributed by atoms with Crippen molar-refractivity contribution in [1.82, 2.24) is 29.2 Å². The van der Waals surface area contributed by atoms with E-state index >= 15 is 0 Å². The molecule has 8 N–H and O–H groups in total. The highest BCUT2D eigenvalue weighted by Gasteiger charge is 2.26. The highest BCUT2D eigenvalue weighted by molar-refractivity contribution is 6.16. The van der Waals surface area contributed by atoms with Crippen molar-refractivity contribution in [2.45, 2.75) is 188 Å². The van der Waals surface area contributed by atoms with E-state index in [-0.39, 0.29) is 72.3 Å². The van der Waals surface area contributed by atoms with Crippen LogP contribution in [0.2, 0.25) is 0 Å². The van der Waals surface area contributed by atoms with Gasteiger partial charge in [-0.1, -0.05) is 64.2 Å². The van der Waals surface area contributed by atoms with Crippen molar-refractivity contribution in [3.05, 3.63) is 91.4 Å². The van der Waals surface area contributed by atoms with Crippen LogP contribution in [-0.2, 0) is 42.9 Å². The van der Waals surface area contributed by atoms with E-state index in [0.717, 1.165) is 87.2 Å². The predicted molar refractivity (Wildman–Crippen MR) is 324 cm³/mol. The zero-order valence-corrected chi connectivity index (χ0v) is 51.2. The fourth-order valence-corrected chi connectivity index (χ4v) is 11.0. The van der Waals surface area contributed by atoms with Gasteiger partial charge in [-0.25, -0.2) is 33.4 Å². The lowest BCUT2D eigenvalue weighted by Crippen LogP contribution is -2.24. The maximum absolute atomic E-state index is 12.3. The Hall–Kier alpha value is -7.78. The Kier molecular flexibility index (Phi) is 31.5. The molecule has 0 saturated heterocycles.